The first-order valence-corrected chi connectivity index (χ1v) is 6.26. The van der Waals surface area contributed by atoms with Crippen LogP contribution in [0.1, 0.15) is 37.6 Å². The molecule has 0 radical (unpaired) electrons. The molecule has 1 unspecified atom stereocenters. The van der Waals surface area contributed by atoms with Crippen LogP contribution < -0.4 is 5.32 Å². The molecular weight excluding hydrogens is 268 g/mol. The third-order valence-corrected chi connectivity index (χ3v) is 3.07. The van der Waals surface area contributed by atoms with Gasteiger partial charge in [-0.1, -0.05) is 20.8 Å². The number of anilines is 1. The van der Waals surface area contributed by atoms with Gasteiger partial charge in [-0.05, 0) is 24.0 Å². The van der Waals surface area contributed by atoms with Gasteiger partial charge in [0.1, 0.15) is 17.3 Å². The Labute approximate surface area is 116 Å². The fourth-order valence-corrected chi connectivity index (χ4v) is 1.86. The number of aliphatic hydroxyl groups excluding tert-OH is 1. The normalized spacial score (nSPS) is 13.1. The van der Waals surface area contributed by atoms with Crippen LogP contribution in [0.5, 0.6) is 0 Å². The van der Waals surface area contributed by atoms with Gasteiger partial charge in [-0.15, -0.1) is 0 Å². The van der Waals surface area contributed by atoms with Gasteiger partial charge < -0.3 is 15.5 Å². The Morgan fingerprint density at radius 2 is 1.80 bits per heavy atom. The number of rotatable bonds is 5. The number of aromatic carboxylic acids is 1. The van der Waals surface area contributed by atoms with E-state index in [1.54, 1.807) is 0 Å². The smallest absolute Gasteiger partial charge is 0.335 e. The van der Waals surface area contributed by atoms with E-state index in [9.17, 15) is 13.6 Å². The Hall–Kier alpha value is -1.69. The highest BCUT2D eigenvalue weighted by Gasteiger charge is 2.26. The molecule has 112 valence electrons. The zero-order valence-electron chi connectivity index (χ0n) is 11.7. The van der Waals surface area contributed by atoms with Crippen LogP contribution in [0.2, 0.25) is 0 Å². The maximum absolute atomic E-state index is 13.8. The van der Waals surface area contributed by atoms with Gasteiger partial charge in [0.2, 0.25) is 0 Å². The lowest BCUT2D eigenvalue weighted by Gasteiger charge is -2.32. The molecule has 6 heteroatoms. The number of hydrogen-bond acceptors (Lipinski definition) is 3. The summed E-state index contributed by atoms with van der Waals surface area (Å²) in [6.45, 7) is 5.51. The zero-order chi connectivity index (χ0) is 15.5. The molecular formula is C14H19F2NO3. The average Bonchev–Trinajstić information content (AvgIpc) is 2.30. The van der Waals surface area contributed by atoms with Crippen LogP contribution in [-0.4, -0.2) is 28.8 Å². The highest BCUT2D eigenvalue weighted by Crippen LogP contribution is 2.29. The molecule has 0 amide bonds. The van der Waals surface area contributed by atoms with Crippen molar-refractivity contribution < 1.29 is 23.8 Å². The molecule has 0 saturated heterocycles. The largest absolute Gasteiger partial charge is 0.478 e. The summed E-state index contributed by atoms with van der Waals surface area (Å²) in [4.78, 5) is 10.7. The lowest BCUT2D eigenvalue weighted by Crippen LogP contribution is -2.35. The summed E-state index contributed by atoms with van der Waals surface area (Å²) >= 11 is 0. The molecule has 0 spiro atoms. The van der Waals surface area contributed by atoms with Crippen molar-refractivity contribution in [3.05, 3.63) is 29.3 Å². The Morgan fingerprint density at radius 3 is 2.15 bits per heavy atom. The first-order chi connectivity index (χ1) is 9.16. The third kappa shape index (κ3) is 3.90. The second-order valence-corrected chi connectivity index (χ2v) is 5.70. The molecule has 1 aromatic carbocycles. The summed E-state index contributed by atoms with van der Waals surface area (Å²) in [7, 11) is 0. The van der Waals surface area contributed by atoms with Crippen molar-refractivity contribution in [3.63, 3.8) is 0 Å². The second kappa shape index (κ2) is 6.17. The number of nitrogens with one attached hydrogen (secondary N) is 1. The number of halogens is 2. The molecule has 0 saturated carbocycles. The zero-order valence-corrected chi connectivity index (χ0v) is 11.7. The minimum absolute atomic E-state index is 0.120. The van der Waals surface area contributed by atoms with E-state index in [-0.39, 0.29) is 23.8 Å². The predicted octanol–water partition coefficient (Wildman–Crippen LogP) is 2.87. The molecule has 0 aliphatic carbocycles. The van der Waals surface area contributed by atoms with Crippen molar-refractivity contribution in [2.24, 2.45) is 5.41 Å². The van der Waals surface area contributed by atoms with Gasteiger partial charge in [0.25, 0.3) is 0 Å². The summed E-state index contributed by atoms with van der Waals surface area (Å²) in [6.07, 6.45) is 0.322. The van der Waals surface area contributed by atoms with Crippen LogP contribution >= 0.6 is 0 Å². The van der Waals surface area contributed by atoms with Gasteiger partial charge in [0.05, 0.1) is 5.56 Å². The quantitative estimate of drug-likeness (QED) is 0.779. The van der Waals surface area contributed by atoms with E-state index in [4.69, 9.17) is 10.2 Å². The molecule has 3 N–H and O–H groups in total. The molecule has 0 aliphatic rings. The van der Waals surface area contributed by atoms with Gasteiger partial charge in [-0.25, -0.2) is 13.6 Å². The highest BCUT2D eigenvalue weighted by molar-refractivity contribution is 5.88. The fraction of sp³-hybridized carbons (Fsp3) is 0.500. The topological polar surface area (TPSA) is 69.6 Å². The molecule has 4 nitrogen and oxygen atoms in total. The number of benzene rings is 1. The summed E-state index contributed by atoms with van der Waals surface area (Å²) in [5.41, 5.74) is -1.14. The minimum atomic E-state index is -1.39. The average molecular weight is 287 g/mol. The standard InChI is InChI=1S/C14H19F2NO3/c1-14(2,3)11(4-5-18)17-12-9(15)6-8(13(19)20)7-10(12)16/h6-7,11,17-18H,4-5H2,1-3H3,(H,19,20). The molecule has 0 fully saturated rings. The van der Waals surface area contributed by atoms with Crippen molar-refractivity contribution in [3.8, 4) is 0 Å². The van der Waals surface area contributed by atoms with E-state index in [0.29, 0.717) is 6.42 Å². The predicted molar refractivity (Wildman–Crippen MR) is 71.9 cm³/mol. The maximum Gasteiger partial charge on any atom is 0.335 e. The summed E-state index contributed by atoms with van der Waals surface area (Å²) in [5.74, 6) is -3.32. The molecule has 1 rings (SSSR count). The Bertz CT molecular complexity index is 475. The first kappa shape index (κ1) is 16.4. The van der Waals surface area contributed by atoms with E-state index in [0.717, 1.165) is 12.1 Å². The Balaban J connectivity index is 3.11. The van der Waals surface area contributed by atoms with E-state index < -0.39 is 23.2 Å². The molecule has 1 atom stereocenters. The molecule has 0 aromatic heterocycles. The van der Waals surface area contributed by atoms with Crippen molar-refractivity contribution in [2.75, 3.05) is 11.9 Å². The molecule has 0 aliphatic heterocycles. The first-order valence-electron chi connectivity index (χ1n) is 6.26. The number of carboxylic acid groups (broad SMARTS) is 1. The molecule has 0 heterocycles. The second-order valence-electron chi connectivity index (χ2n) is 5.70. The van der Waals surface area contributed by atoms with Gasteiger partial charge >= 0.3 is 5.97 Å². The monoisotopic (exact) mass is 287 g/mol. The van der Waals surface area contributed by atoms with Crippen molar-refractivity contribution in [1.82, 2.24) is 0 Å². The van der Waals surface area contributed by atoms with Crippen LogP contribution in [0.25, 0.3) is 0 Å². The van der Waals surface area contributed by atoms with Gasteiger partial charge in [-0.3, -0.25) is 0 Å². The Morgan fingerprint density at radius 1 is 1.30 bits per heavy atom. The lowest BCUT2D eigenvalue weighted by molar-refractivity contribution is 0.0695. The van der Waals surface area contributed by atoms with Crippen LogP contribution in [0.3, 0.4) is 0 Å². The van der Waals surface area contributed by atoms with Gasteiger partial charge in [-0.2, -0.15) is 0 Å². The van der Waals surface area contributed by atoms with Crippen LogP contribution in [0.15, 0.2) is 12.1 Å². The lowest BCUT2D eigenvalue weighted by atomic mass is 9.84. The van der Waals surface area contributed by atoms with E-state index in [2.05, 4.69) is 5.32 Å². The van der Waals surface area contributed by atoms with Crippen molar-refractivity contribution in [2.45, 2.75) is 33.2 Å². The highest BCUT2D eigenvalue weighted by atomic mass is 19.1. The summed E-state index contributed by atoms with van der Waals surface area (Å²) < 4.78 is 27.7. The van der Waals surface area contributed by atoms with E-state index >= 15 is 0 Å². The van der Waals surface area contributed by atoms with Crippen LogP contribution in [0.4, 0.5) is 14.5 Å². The van der Waals surface area contributed by atoms with Crippen molar-refractivity contribution >= 4 is 11.7 Å². The molecule has 0 bridgehead atoms. The number of aliphatic hydroxyl groups is 1. The molecule has 20 heavy (non-hydrogen) atoms. The third-order valence-electron chi connectivity index (χ3n) is 3.07. The van der Waals surface area contributed by atoms with Crippen LogP contribution in [-0.2, 0) is 0 Å². The number of carbonyl (C=O) groups is 1. The maximum atomic E-state index is 13.8. The van der Waals surface area contributed by atoms with Crippen molar-refractivity contribution in [1.29, 1.82) is 0 Å². The fourth-order valence-electron chi connectivity index (χ4n) is 1.86. The van der Waals surface area contributed by atoms with Crippen LogP contribution in [0, 0.1) is 17.0 Å². The minimum Gasteiger partial charge on any atom is -0.478 e. The SMILES string of the molecule is CC(C)(C)C(CCO)Nc1c(F)cc(C(=O)O)cc1F. The van der Waals surface area contributed by atoms with Gasteiger partial charge in [0.15, 0.2) is 0 Å². The number of carboxylic acids is 1. The summed E-state index contributed by atoms with van der Waals surface area (Å²) in [6, 6.07) is 1.19. The van der Waals surface area contributed by atoms with E-state index in [1.165, 1.54) is 0 Å². The number of hydrogen-bond donors (Lipinski definition) is 3. The van der Waals surface area contributed by atoms with Gasteiger partial charge in [0, 0.05) is 12.6 Å². The molecule has 1 aromatic rings. The summed E-state index contributed by atoms with van der Waals surface area (Å²) in [5, 5.41) is 20.5. The van der Waals surface area contributed by atoms with E-state index in [1.807, 2.05) is 20.8 Å². The Kier molecular flexibility index (Phi) is 5.05.